The Morgan fingerprint density at radius 2 is 2.07 bits per heavy atom. The molecule has 82 valence electrons. The van der Waals surface area contributed by atoms with Gasteiger partial charge in [0.25, 0.3) is 0 Å². The molecule has 4 heteroatoms. The Labute approximate surface area is 88.7 Å². The molecule has 0 radical (unpaired) electrons. The highest BCUT2D eigenvalue weighted by Crippen LogP contribution is 2.30. The van der Waals surface area contributed by atoms with Crippen molar-refractivity contribution in [3.8, 4) is 5.75 Å². The second-order valence-electron chi connectivity index (χ2n) is 3.65. The minimum atomic E-state index is -0.582. The Bertz CT molecular complexity index is 386. The van der Waals surface area contributed by atoms with Crippen LogP contribution in [0.3, 0.4) is 0 Å². The van der Waals surface area contributed by atoms with Crippen molar-refractivity contribution in [3.05, 3.63) is 23.3 Å². The number of rotatable bonds is 2. The topological polar surface area (TPSA) is 72.5 Å². The fourth-order valence-electron chi connectivity index (χ4n) is 1.28. The van der Waals surface area contributed by atoms with Crippen LogP contribution in [0.15, 0.2) is 12.1 Å². The zero-order valence-corrected chi connectivity index (χ0v) is 9.07. The Hall–Kier alpha value is -1.71. The molecule has 1 rings (SSSR count). The molecule has 0 aliphatic rings. The number of hydrogen-bond donors (Lipinski definition) is 2. The number of aromatic hydroxyl groups is 1. The summed E-state index contributed by atoms with van der Waals surface area (Å²) in [6.45, 7) is 3.96. The molecule has 0 saturated carbocycles. The summed E-state index contributed by atoms with van der Waals surface area (Å²) in [4.78, 5) is 11.3. The van der Waals surface area contributed by atoms with E-state index in [1.165, 1.54) is 7.11 Å². The van der Waals surface area contributed by atoms with Gasteiger partial charge in [-0.1, -0.05) is 13.8 Å². The number of ether oxygens (including phenoxy) is 1. The second-order valence-corrected chi connectivity index (χ2v) is 3.65. The summed E-state index contributed by atoms with van der Waals surface area (Å²) >= 11 is 0. The smallest absolute Gasteiger partial charge is 0.341 e. The van der Waals surface area contributed by atoms with Crippen molar-refractivity contribution in [2.75, 3.05) is 12.8 Å². The monoisotopic (exact) mass is 209 g/mol. The lowest BCUT2D eigenvalue weighted by atomic mass is 9.99. The summed E-state index contributed by atoms with van der Waals surface area (Å²) in [6.07, 6.45) is 0. The number of phenols is 1. The highest BCUT2D eigenvalue weighted by Gasteiger charge is 2.16. The number of phenolic OH excluding ortho intramolecular Hbond substituents is 1. The van der Waals surface area contributed by atoms with E-state index in [0.717, 1.165) is 5.56 Å². The maximum atomic E-state index is 11.3. The van der Waals surface area contributed by atoms with Gasteiger partial charge in [0.1, 0.15) is 5.56 Å². The molecule has 0 amide bonds. The fourth-order valence-corrected chi connectivity index (χ4v) is 1.28. The molecular formula is C11H15NO3. The molecule has 1 aromatic rings. The number of carbonyl (C=O) groups is 1. The Kier molecular flexibility index (Phi) is 3.19. The zero-order valence-electron chi connectivity index (χ0n) is 9.07. The number of benzene rings is 1. The van der Waals surface area contributed by atoms with Crippen LogP contribution in [-0.4, -0.2) is 18.2 Å². The summed E-state index contributed by atoms with van der Waals surface area (Å²) in [5, 5.41) is 9.58. The maximum Gasteiger partial charge on any atom is 0.341 e. The SMILES string of the molecule is COC(=O)c1cc(C(C)C)cc(N)c1O. The number of esters is 1. The normalized spacial score (nSPS) is 10.4. The molecule has 4 nitrogen and oxygen atoms in total. The number of hydrogen-bond acceptors (Lipinski definition) is 4. The first kappa shape index (κ1) is 11.4. The number of anilines is 1. The van der Waals surface area contributed by atoms with Crippen molar-refractivity contribution in [2.24, 2.45) is 0 Å². The van der Waals surface area contributed by atoms with Gasteiger partial charge < -0.3 is 15.6 Å². The molecule has 0 fully saturated rings. The minimum absolute atomic E-state index is 0.112. The molecule has 0 spiro atoms. The van der Waals surface area contributed by atoms with Gasteiger partial charge in [-0.25, -0.2) is 4.79 Å². The molecule has 0 saturated heterocycles. The van der Waals surface area contributed by atoms with Gasteiger partial charge in [0, 0.05) is 0 Å². The van der Waals surface area contributed by atoms with E-state index in [0.29, 0.717) is 0 Å². The summed E-state index contributed by atoms with van der Waals surface area (Å²) < 4.78 is 4.55. The third-order valence-electron chi connectivity index (χ3n) is 2.23. The molecule has 0 aliphatic carbocycles. The molecule has 0 aromatic heterocycles. The maximum absolute atomic E-state index is 11.3. The average Bonchev–Trinajstić information content (AvgIpc) is 2.20. The van der Waals surface area contributed by atoms with E-state index in [1.54, 1.807) is 12.1 Å². The Balaban J connectivity index is 3.31. The van der Waals surface area contributed by atoms with Crippen LogP contribution in [0.25, 0.3) is 0 Å². The number of nitrogen functional groups attached to an aromatic ring is 1. The molecule has 15 heavy (non-hydrogen) atoms. The lowest BCUT2D eigenvalue weighted by Gasteiger charge is -2.11. The second kappa shape index (κ2) is 4.21. The van der Waals surface area contributed by atoms with Gasteiger partial charge >= 0.3 is 5.97 Å². The highest BCUT2D eigenvalue weighted by atomic mass is 16.5. The average molecular weight is 209 g/mol. The van der Waals surface area contributed by atoms with E-state index in [1.807, 2.05) is 13.8 Å². The van der Waals surface area contributed by atoms with Crippen LogP contribution in [0.2, 0.25) is 0 Å². The van der Waals surface area contributed by atoms with Crippen LogP contribution in [0.1, 0.15) is 35.7 Å². The van der Waals surface area contributed by atoms with Gasteiger partial charge in [0.15, 0.2) is 5.75 Å². The molecule has 3 N–H and O–H groups in total. The Morgan fingerprint density at radius 3 is 2.53 bits per heavy atom. The molecule has 0 aliphatic heterocycles. The predicted octanol–water partition coefficient (Wildman–Crippen LogP) is 1.88. The standard InChI is InChI=1S/C11H15NO3/c1-6(2)7-4-8(11(14)15-3)10(13)9(12)5-7/h4-6,13H,12H2,1-3H3. The van der Waals surface area contributed by atoms with Crippen LogP contribution in [0, 0.1) is 0 Å². The molecule has 0 heterocycles. The van der Waals surface area contributed by atoms with E-state index in [-0.39, 0.29) is 22.9 Å². The fraction of sp³-hybridized carbons (Fsp3) is 0.364. The lowest BCUT2D eigenvalue weighted by molar-refractivity contribution is 0.0597. The largest absolute Gasteiger partial charge is 0.505 e. The van der Waals surface area contributed by atoms with Crippen molar-refractivity contribution in [1.82, 2.24) is 0 Å². The van der Waals surface area contributed by atoms with Gasteiger partial charge in [-0.2, -0.15) is 0 Å². The van der Waals surface area contributed by atoms with E-state index >= 15 is 0 Å². The van der Waals surface area contributed by atoms with Gasteiger partial charge in [-0.15, -0.1) is 0 Å². The summed E-state index contributed by atoms with van der Waals surface area (Å²) in [5.41, 5.74) is 6.80. The quantitative estimate of drug-likeness (QED) is 0.443. The zero-order chi connectivity index (χ0) is 11.6. The molecule has 1 aromatic carbocycles. The van der Waals surface area contributed by atoms with Gasteiger partial charge in [0.05, 0.1) is 12.8 Å². The molecular weight excluding hydrogens is 194 g/mol. The van der Waals surface area contributed by atoms with E-state index in [2.05, 4.69) is 4.74 Å². The van der Waals surface area contributed by atoms with Crippen LogP contribution >= 0.6 is 0 Å². The van der Waals surface area contributed by atoms with Crippen molar-refractivity contribution in [1.29, 1.82) is 0 Å². The van der Waals surface area contributed by atoms with Crippen LogP contribution in [0.4, 0.5) is 5.69 Å². The number of nitrogens with two attached hydrogens (primary N) is 1. The first-order valence-electron chi connectivity index (χ1n) is 4.68. The summed E-state index contributed by atoms with van der Waals surface area (Å²) in [7, 11) is 1.26. The van der Waals surface area contributed by atoms with E-state index < -0.39 is 5.97 Å². The van der Waals surface area contributed by atoms with Crippen LogP contribution in [-0.2, 0) is 4.74 Å². The van der Waals surface area contributed by atoms with Crippen molar-refractivity contribution < 1.29 is 14.6 Å². The molecule has 0 atom stereocenters. The van der Waals surface area contributed by atoms with Gasteiger partial charge in [-0.3, -0.25) is 0 Å². The van der Waals surface area contributed by atoms with Crippen LogP contribution < -0.4 is 5.73 Å². The van der Waals surface area contributed by atoms with E-state index in [4.69, 9.17) is 5.73 Å². The lowest BCUT2D eigenvalue weighted by Crippen LogP contribution is -2.05. The van der Waals surface area contributed by atoms with Crippen molar-refractivity contribution in [2.45, 2.75) is 19.8 Å². The highest BCUT2D eigenvalue weighted by molar-refractivity contribution is 5.94. The third-order valence-corrected chi connectivity index (χ3v) is 2.23. The van der Waals surface area contributed by atoms with Crippen LogP contribution in [0.5, 0.6) is 5.75 Å². The number of carbonyl (C=O) groups excluding carboxylic acids is 1. The first-order valence-corrected chi connectivity index (χ1v) is 4.68. The molecule has 0 bridgehead atoms. The van der Waals surface area contributed by atoms with E-state index in [9.17, 15) is 9.90 Å². The number of methoxy groups -OCH3 is 1. The Morgan fingerprint density at radius 1 is 1.47 bits per heavy atom. The summed E-state index contributed by atoms with van der Waals surface area (Å²) in [5.74, 6) is -0.566. The van der Waals surface area contributed by atoms with Crippen molar-refractivity contribution in [3.63, 3.8) is 0 Å². The predicted molar refractivity (Wildman–Crippen MR) is 57.9 cm³/mol. The van der Waals surface area contributed by atoms with Crippen molar-refractivity contribution >= 4 is 11.7 Å². The third kappa shape index (κ3) is 2.21. The van der Waals surface area contributed by atoms with Gasteiger partial charge in [0.2, 0.25) is 0 Å². The van der Waals surface area contributed by atoms with Gasteiger partial charge in [-0.05, 0) is 23.6 Å². The minimum Gasteiger partial charge on any atom is -0.505 e. The molecule has 0 unspecified atom stereocenters. The summed E-state index contributed by atoms with van der Waals surface area (Å²) in [6, 6.07) is 3.26. The first-order chi connectivity index (χ1) is 6.97.